The average Bonchev–Trinajstić information content (AvgIpc) is 3.50. The summed E-state index contributed by atoms with van der Waals surface area (Å²) >= 11 is 0. The maximum Gasteiger partial charge on any atom is 0.418 e. The highest BCUT2D eigenvalue weighted by Crippen LogP contribution is 2.36. The molecule has 2 aliphatic rings. The summed E-state index contributed by atoms with van der Waals surface area (Å²) in [6, 6.07) is 3.06. The molecule has 31 heavy (non-hydrogen) atoms. The first kappa shape index (κ1) is 21.6. The lowest BCUT2D eigenvalue weighted by atomic mass is 9.97. The SMILES string of the molecule is O=C(NCC(C1CCOC1)N1CCCC1)Nc1ccc(-n2cncn2)cc1C(F)(F)F. The highest BCUT2D eigenvalue weighted by atomic mass is 19.4. The molecule has 0 saturated carbocycles. The quantitative estimate of drug-likeness (QED) is 0.725. The molecular weight excluding hydrogens is 413 g/mol. The molecule has 3 heterocycles. The molecule has 11 heteroatoms. The zero-order valence-corrected chi connectivity index (χ0v) is 16.9. The largest absolute Gasteiger partial charge is 0.418 e. The Balaban J connectivity index is 1.44. The van der Waals surface area contributed by atoms with Crippen LogP contribution in [-0.2, 0) is 10.9 Å². The highest BCUT2D eigenvalue weighted by Gasteiger charge is 2.35. The van der Waals surface area contributed by atoms with Crippen molar-refractivity contribution in [3.8, 4) is 5.69 Å². The summed E-state index contributed by atoms with van der Waals surface area (Å²) in [6.07, 6.45) is 1.05. The van der Waals surface area contributed by atoms with Gasteiger partial charge in [-0.25, -0.2) is 14.5 Å². The van der Waals surface area contributed by atoms with Crippen molar-refractivity contribution >= 4 is 11.7 Å². The Bertz CT molecular complexity index is 862. The number of anilines is 1. The Morgan fingerprint density at radius 2 is 2.10 bits per heavy atom. The fraction of sp³-hybridized carbons (Fsp3) is 0.550. The summed E-state index contributed by atoms with van der Waals surface area (Å²) in [5.74, 6) is 0.311. The van der Waals surface area contributed by atoms with E-state index in [9.17, 15) is 18.0 Å². The summed E-state index contributed by atoms with van der Waals surface area (Å²) in [5, 5.41) is 8.97. The molecule has 2 aromatic rings. The van der Waals surface area contributed by atoms with Crippen LogP contribution in [0.25, 0.3) is 5.69 Å². The molecule has 1 aromatic heterocycles. The molecule has 8 nitrogen and oxygen atoms in total. The first-order valence-corrected chi connectivity index (χ1v) is 10.3. The van der Waals surface area contributed by atoms with Crippen LogP contribution in [-0.4, -0.2) is 64.6 Å². The molecule has 0 spiro atoms. The molecule has 0 aliphatic carbocycles. The van der Waals surface area contributed by atoms with Gasteiger partial charge in [0.2, 0.25) is 0 Å². The first-order valence-electron chi connectivity index (χ1n) is 10.3. The number of halogens is 3. The van der Waals surface area contributed by atoms with Crippen molar-refractivity contribution < 1.29 is 22.7 Å². The molecule has 2 saturated heterocycles. The monoisotopic (exact) mass is 438 g/mol. The van der Waals surface area contributed by atoms with Crippen molar-refractivity contribution in [1.82, 2.24) is 25.0 Å². The van der Waals surface area contributed by atoms with Gasteiger partial charge in [-0.05, 0) is 50.6 Å². The van der Waals surface area contributed by atoms with Crippen LogP contribution in [0.2, 0.25) is 0 Å². The maximum absolute atomic E-state index is 13.6. The number of urea groups is 1. The van der Waals surface area contributed by atoms with Gasteiger partial charge in [-0.15, -0.1) is 0 Å². The lowest BCUT2D eigenvalue weighted by Gasteiger charge is -2.32. The molecule has 0 radical (unpaired) electrons. The lowest BCUT2D eigenvalue weighted by Crippen LogP contribution is -2.48. The fourth-order valence-corrected chi connectivity index (χ4v) is 4.25. The molecular formula is C20H25F3N6O2. The van der Waals surface area contributed by atoms with E-state index in [-0.39, 0.29) is 17.4 Å². The predicted molar refractivity (Wildman–Crippen MR) is 107 cm³/mol. The Labute approximate surface area is 177 Å². The Kier molecular flexibility index (Phi) is 6.42. The number of amides is 2. The number of nitrogens with zero attached hydrogens (tertiary/aromatic N) is 4. The standard InChI is InChI=1S/C20H25F3N6O2/c21-20(22,23)16-9-15(29-13-24-12-26-29)3-4-17(16)27-19(30)25-10-18(14-5-8-31-11-14)28-6-1-2-7-28/h3-4,9,12-14,18H,1-2,5-8,10-11H2,(H2,25,27,30). The summed E-state index contributed by atoms with van der Waals surface area (Å²) in [5.41, 5.74) is -1.06. The molecule has 2 fully saturated rings. The van der Waals surface area contributed by atoms with E-state index in [1.54, 1.807) is 0 Å². The van der Waals surface area contributed by atoms with Gasteiger partial charge in [0.25, 0.3) is 0 Å². The van der Waals surface area contributed by atoms with Crippen molar-refractivity contribution in [2.75, 3.05) is 38.2 Å². The zero-order valence-electron chi connectivity index (χ0n) is 16.9. The van der Waals surface area contributed by atoms with E-state index in [0.29, 0.717) is 25.7 Å². The fourth-order valence-electron chi connectivity index (χ4n) is 4.25. The minimum atomic E-state index is -4.64. The number of likely N-dealkylation sites (tertiary alicyclic amines) is 1. The molecule has 4 rings (SSSR count). The number of aromatic nitrogens is 3. The normalized spacial score (nSPS) is 20.7. The lowest BCUT2D eigenvalue weighted by molar-refractivity contribution is -0.136. The van der Waals surface area contributed by atoms with Crippen molar-refractivity contribution in [3.63, 3.8) is 0 Å². The van der Waals surface area contributed by atoms with Gasteiger partial charge in [0.05, 0.1) is 23.5 Å². The number of ether oxygens (including phenoxy) is 1. The second kappa shape index (κ2) is 9.23. The number of carbonyl (C=O) groups is 1. The molecule has 1 aromatic carbocycles. The van der Waals surface area contributed by atoms with Crippen LogP contribution in [0.3, 0.4) is 0 Å². The van der Waals surface area contributed by atoms with Crippen LogP contribution < -0.4 is 10.6 Å². The first-order chi connectivity index (χ1) is 14.9. The van der Waals surface area contributed by atoms with E-state index in [2.05, 4.69) is 25.6 Å². The van der Waals surface area contributed by atoms with Gasteiger partial charge in [-0.3, -0.25) is 4.90 Å². The van der Waals surface area contributed by atoms with E-state index in [1.165, 1.54) is 29.5 Å². The Morgan fingerprint density at radius 1 is 1.29 bits per heavy atom. The summed E-state index contributed by atoms with van der Waals surface area (Å²) in [4.78, 5) is 18.6. The van der Waals surface area contributed by atoms with Gasteiger partial charge in [-0.1, -0.05) is 0 Å². The van der Waals surface area contributed by atoms with E-state index in [4.69, 9.17) is 4.74 Å². The number of hydrogen-bond acceptors (Lipinski definition) is 5. The van der Waals surface area contributed by atoms with E-state index in [1.807, 2.05) is 0 Å². The van der Waals surface area contributed by atoms with Gasteiger partial charge in [-0.2, -0.15) is 18.3 Å². The number of rotatable bonds is 6. The number of benzene rings is 1. The second-order valence-corrected chi connectivity index (χ2v) is 7.84. The highest BCUT2D eigenvalue weighted by molar-refractivity contribution is 5.90. The molecule has 2 unspecified atom stereocenters. The molecule has 2 atom stereocenters. The van der Waals surface area contributed by atoms with Crippen LogP contribution in [0.5, 0.6) is 0 Å². The third-order valence-electron chi connectivity index (χ3n) is 5.83. The van der Waals surface area contributed by atoms with Gasteiger partial charge < -0.3 is 15.4 Å². The van der Waals surface area contributed by atoms with Crippen LogP contribution >= 0.6 is 0 Å². The van der Waals surface area contributed by atoms with Crippen molar-refractivity contribution in [2.45, 2.75) is 31.5 Å². The van der Waals surface area contributed by atoms with Gasteiger partial charge >= 0.3 is 12.2 Å². The minimum absolute atomic E-state index is 0.118. The Morgan fingerprint density at radius 3 is 2.74 bits per heavy atom. The maximum atomic E-state index is 13.6. The van der Waals surface area contributed by atoms with E-state index in [0.717, 1.165) is 38.4 Å². The molecule has 2 aliphatic heterocycles. The average molecular weight is 438 g/mol. The van der Waals surface area contributed by atoms with Crippen molar-refractivity contribution in [2.24, 2.45) is 5.92 Å². The molecule has 2 amide bonds. The summed E-state index contributed by atoms with van der Waals surface area (Å²) in [7, 11) is 0. The van der Waals surface area contributed by atoms with Crippen molar-refractivity contribution in [3.05, 3.63) is 36.4 Å². The number of carbonyl (C=O) groups excluding carboxylic acids is 1. The number of hydrogen-bond donors (Lipinski definition) is 2. The minimum Gasteiger partial charge on any atom is -0.381 e. The third-order valence-corrected chi connectivity index (χ3v) is 5.83. The second-order valence-electron chi connectivity index (χ2n) is 7.84. The zero-order chi connectivity index (χ0) is 21.8. The topological polar surface area (TPSA) is 84.3 Å². The predicted octanol–water partition coefficient (Wildman–Crippen LogP) is 2.91. The van der Waals surface area contributed by atoms with Crippen LogP contribution in [0.1, 0.15) is 24.8 Å². The van der Waals surface area contributed by atoms with E-state index >= 15 is 0 Å². The van der Waals surface area contributed by atoms with Crippen LogP contribution in [0, 0.1) is 5.92 Å². The third kappa shape index (κ3) is 5.16. The molecule has 2 N–H and O–H groups in total. The molecule has 168 valence electrons. The van der Waals surface area contributed by atoms with Gasteiger partial charge in [0.15, 0.2) is 0 Å². The number of alkyl halides is 3. The smallest absolute Gasteiger partial charge is 0.381 e. The van der Waals surface area contributed by atoms with Crippen molar-refractivity contribution in [1.29, 1.82) is 0 Å². The van der Waals surface area contributed by atoms with Crippen LogP contribution in [0.4, 0.5) is 23.7 Å². The van der Waals surface area contributed by atoms with Gasteiger partial charge in [0.1, 0.15) is 12.7 Å². The van der Waals surface area contributed by atoms with Crippen LogP contribution in [0.15, 0.2) is 30.9 Å². The van der Waals surface area contributed by atoms with E-state index < -0.39 is 17.8 Å². The van der Waals surface area contributed by atoms with Gasteiger partial charge in [0, 0.05) is 25.1 Å². The Hall–Kier alpha value is -2.66. The molecule has 0 bridgehead atoms. The number of nitrogens with one attached hydrogen (secondary N) is 2. The summed E-state index contributed by atoms with van der Waals surface area (Å²) in [6.45, 7) is 3.64. The summed E-state index contributed by atoms with van der Waals surface area (Å²) < 4.78 is 47.5.